The minimum absolute atomic E-state index is 0.171. The minimum Gasteiger partial charge on any atom is -0.481 e. The summed E-state index contributed by atoms with van der Waals surface area (Å²) in [6, 6.07) is 0. The topological polar surface area (TPSA) is 77.8 Å². The molecular formula is C22H38O4. The highest BCUT2D eigenvalue weighted by molar-refractivity contribution is 5.66. The Hall–Kier alpha value is -1.39. The Bertz CT molecular complexity index is 412. The van der Waals surface area contributed by atoms with Crippen molar-refractivity contribution in [3.8, 4) is 0 Å². The maximum Gasteiger partial charge on any atom is 0.303 e. The van der Waals surface area contributed by atoms with Crippen LogP contribution in [0.15, 0.2) is 36.5 Å². The van der Waals surface area contributed by atoms with Gasteiger partial charge in [-0.15, -0.1) is 0 Å². The van der Waals surface area contributed by atoms with Gasteiger partial charge in [-0.05, 0) is 38.5 Å². The van der Waals surface area contributed by atoms with E-state index in [1.165, 1.54) is 12.8 Å². The van der Waals surface area contributed by atoms with Gasteiger partial charge in [-0.25, -0.2) is 0 Å². The van der Waals surface area contributed by atoms with Gasteiger partial charge in [0.2, 0.25) is 0 Å². The summed E-state index contributed by atoms with van der Waals surface area (Å²) in [6.07, 6.45) is 21.4. The van der Waals surface area contributed by atoms with Crippen LogP contribution in [0.2, 0.25) is 0 Å². The molecule has 0 fully saturated rings. The minimum atomic E-state index is -0.757. The predicted octanol–water partition coefficient (Wildman–Crippen LogP) is 5.16. The lowest BCUT2D eigenvalue weighted by molar-refractivity contribution is -0.137. The van der Waals surface area contributed by atoms with E-state index in [0.29, 0.717) is 12.8 Å². The van der Waals surface area contributed by atoms with Crippen LogP contribution in [-0.2, 0) is 4.79 Å². The van der Waals surface area contributed by atoms with E-state index in [4.69, 9.17) is 5.11 Å². The zero-order valence-electron chi connectivity index (χ0n) is 16.4. The quantitative estimate of drug-likeness (QED) is 0.189. The molecule has 2 unspecified atom stereocenters. The molecule has 0 aromatic heterocycles. The first-order valence-electron chi connectivity index (χ1n) is 10.1. The number of aliphatic hydroxyl groups is 2. The predicted molar refractivity (Wildman–Crippen MR) is 108 cm³/mol. The molecule has 0 aromatic rings. The highest BCUT2D eigenvalue weighted by Crippen LogP contribution is 2.09. The normalized spacial score (nSPS) is 14.6. The van der Waals surface area contributed by atoms with Crippen molar-refractivity contribution >= 4 is 5.97 Å². The van der Waals surface area contributed by atoms with Crippen LogP contribution < -0.4 is 0 Å². The summed E-state index contributed by atoms with van der Waals surface area (Å²) < 4.78 is 0. The number of aliphatic carboxylic acids is 1. The highest BCUT2D eigenvalue weighted by Gasteiger charge is 2.01. The van der Waals surface area contributed by atoms with E-state index in [1.54, 1.807) is 6.08 Å². The van der Waals surface area contributed by atoms with Crippen LogP contribution >= 0.6 is 0 Å². The Balaban J connectivity index is 3.60. The zero-order chi connectivity index (χ0) is 19.5. The summed E-state index contributed by atoms with van der Waals surface area (Å²) in [5, 5.41) is 28.1. The number of carbonyl (C=O) groups is 1. The van der Waals surface area contributed by atoms with Crippen LogP contribution in [0.1, 0.15) is 84.0 Å². The van der Waals surface area contributed by atoms with Crippen LogP contribution in [0.3, 0.4) is 0 Å². The second kappa shape index (κ2) is 18.4. The van der Waals surface area contributed by atoms with Crippen molar-refractivity contribution in [1.29, 1.82) is 0 Å². The monoisotopic (exact) mass is 366 g/mol. The molecule has 2 atom stereocenters. The molecule has 0 aliphatic carbocycles. The Morgan fingerprint density at radius 3 is 2.38 bits per heavy atom. The maximum atomic E-state index is 10.4. The molecule has 0 heterocycles. The third-order valence-corrected chi connectivity index (χ3v) is 4.22. The van der Waals surface area contributed by atoms with Gasteiger partial charge in [0, 0.05) is 6.42 Å². The van der Waals surface area contributed by atoms with Crippen molar-refractivity contribution in [2.24, 2.45) is 0 Å². The smallest absolute Gasteiger partial charge is 0.303 e. The maximum absolute atomic E-state index is 10.4. The lowest BCUT2D eigenvalue weighted by atomic mass is 10.1. The standard InChI is InChI=1S/C22H38O4/c1-2-3-10-15-20(23)16-11-7-5-4-6-8-12-17-21(24)18-13-9-14-19-22(25)26/h5-8,12,17,20-21,23-24H,2-4,9-11,13-16,18-19H2,1H3,(H,25,26)/b7-5-,8-6-,17-12+. The first-order valence-corrected chi connectivity index (χ1v) is 10.1. The van der Waals surface area contributed by atoms with Gasteiger partial charge in [0.05, 0.1) is 12.2 Å². The van der Waals surface area contributed by atoms with Crippen LogP contribution in [0.5, 0.6) is 0 Å². The largest absolute Gasteiger partial charge is 0.481 e. The van der Waals surface area contributed by atoms with Gasteiger partial charge in [0.25, 0.3) is 0 Å². The van der Waals surface area contributed by atoms with Crippen LogP contribution in [0.25, 0.3) is 0 Å². The van der Waals surface area contributed by atoms with Crippen molar-refractivity contribution in [1.82, 2.24) is 0 Å². The van der Waals surface area contributed by atoms with Gasteiger partial charge >= 0.3 is 5.97 Å². The Kier molecular flexibility index (Phi) is 17.4. The molecule has 0 aliphatic heterocycles. The van der Waals surface area contributed by atoms with E-state index in [9.17, 15) is 15.0 Å². The number of hydrogen-bond donors (Lipinski definition) is 3. The van der Waals surface area contributed by atoms with E-state index in [1.807, 2.05) is 18.2 Å². The average Bonchev–Trinajstić information content (AvgIpc) is 2.60. The molecule has 0 saturated carbocycles. The molecule has 0 aliphatic rings. The number of unbranched alkanes of at least 4 members (excludes halogenated alkanes) is 4. The second-order valence-electron chi connectivity index (χ2n) is 6.81. The lowest BCUT2D eigenvalue weighted by Gasteiger charge is -2.07. The number of aliphatic hydroxyl groups excluding tert-OH is 2. The van der Waals surface area contributed by atoms with E-state index in [2.05, 4.69) is 19.1 Å². The first-order chi connectivity index (χ1) is 12.6. The van der Waals surface area contributed by atoms with Crippen molar-refractivity contribution in [2.75, 3.05) is 0 Å². The molecular weight excluding hydrogens is 328 g/mol. The molecule has 26 heavy (non-hydrogen) atoms. The van der Waals surface area contributed by atoms with Gasteiger partial charge in [-0.2, -0.15) is 0 Å². The Labute approximate surface area is 159 Å². The van der Waals surface area contributed by atoms with E-state index in [0.717, 1.165) is 44.9 Å². The average molecular weight is 367 g/mol. The molecule has 150 valence electrons. The van der Waals surface area contributed by atoms with Gasteiger partial charge in [0.15, 0.2) is 0 Å². The summed E-state index contributed by atoms with van der Waals surface area (Å²) in [7, 11) is 0. The van der Waals surface area contributed by atoms with Gasteiger partial charge in [-0.3, -0.25) is 4.79 Å². The Morgan fingerprint density at radius 2 is 1.65 bits per heavy atom. The van der Waals surface area contributed by atoms with E-state index < -0.39 is 12.1 Å². The lowest BCUT2D eigenvalue weighted by Crippen LogP contribution is -2.05. The second-order valence-corrected chi connectivity index (χ2v) is 6.81. The number of carboxylic acid groups (broad SMARTS) is 1. The summed E-state index contributed by atoms with van der Waals surface area (Å²) in [5.74, 6) is -0.757. The fourth-order valence-electron chi connectivity index (χ4n) is 2.61. The van der Waals surface area contributed by atoms with Gasteiger partial charge < -0.3 is 15.3 Å². The fraction of sp³-hybridized carbons (Fsp3) is 0.682. The van der Waals surface area contributed by atoms with Crippen LogP contribution in [0.4, 0.5) is 0 Å². The van der Waals surface area contributed by atoms with Gasteiger partial charge in [-0.1, -0.05) is 75.5 Å². The van der Waals surface area contributed by atoms with E-state index >= 15 is 0 Å². The van der Waals surface area contributed by atoms with Crippen LogP contribution in [-0.4, -0.2) is 33.5 Å². The van der Waals surface area contributed by atoms with Crippen LogP contribution in [0, 0.1) is 0 Å². The van der Waals surface area contributed by atoms with E-state index in [-0.39, 0.29) is 12.5 Å². The molecule has 0 rings (SSSR count). The van der Waals surface area contributed by atoms with Crippen molar-refractivity contribution in [2.45, 2.75) is 96.2 Å². The fourth-order valence-corrected chi connectivity index (χ4v) is 2.61. The summed E-state index contributed by atoms with van der Waals surface area (Å²) in [4.78, 5) is 10.4. The van der Waals surface area contributed by atoms with Gasteiger partial charge in [0.1, 0.15) is 0 Å². The first kappa shape index (κ1) is 24.6. The summed E-state index contributed by atoms with van der Waals surface area (Å²) in [6.45, 7) is 2.17. The molecule has 0 amide bonds. The summed E-state index contributed by atoms with van der Waals surface area (Å²) >= 11 is 0. The molecule has 4 heteroatoms. The SMILES string of the molecule is CCCCCC(O)CC/C=C\C/C=C\C=C\C(O)CCCCCC(=O)O. The number of hydrogen-bond acceptors (Lipinski definition) is 3. The number of allylic oxidation sites excluding steroid dienone is 5. The number of carboxylic acids is 1. The molecule has 0 saturated heterocycles. The molecule has 0 radical (unpaired) electrons. The van der Waals surface area contributed by atoms with Crippen molar-refractivity contribution in [3.05, 3.63) is 36.5 Å². The van der Waals surface area contributed by atoms with Crippen molar-refractivity contribution in [3.63, 3.8) is 0 Å². The molecule has 0 aromatic carbocycles. The number of rotatable bonds is 17. The van der Waals surface area contributed by atoms with Crippen molar-refractivity contribution < 1.29 is 20.1 Å². The molecule has 3 N–H and O–H groups in total. The summed E-state index contributed by atoms with van der Waals surface area (Å²) in [5.41, 5.74) is 0. The molecule has 4 nitrogen and oxygen atoms in total. The molecule has 0 spiro atoms. The third kappa shape index (κ3) is 18.9. The highest BCUT2D eigenvalue weighted by atomic mass is 16.4. The zero-order valence-corrected chi connectivity index (χ0v) is 16.4. The molecule has 0 bridgehead atoms. The Morgan fingerprint density at radius 1 is 0.885 bits per heavy atom. The third-order valence-electron chi connectivity index (χ3n) is 4.22.